The van der Waals surface area contributed by atoms with Crippen LogP contribution in [0.3, 0.4) is 0 Å². The number of methoxy groups -OCH3 is 3. The third-order valence-corrected chi connectivity index (χ3v) is 2.61. The lowest BCUT2D eigenvalue weighted by Gasteiger charge is -2.19. The molecule has 0 spiro atoms. The van der Waals surface area contributed by atoms with E-state index in [2.05, 4.69) is 0 Å². The van der Waals surface area contributed by atoms with E-state index in [4.69, 9.17) is 25.7 Å². The van der Waals surface area contributed by atoms with E-state index in [1.807, 2.05) is 12.1 Å². The van der Waals surface area contributed by atoms with Crippen molar-refractivity contribution in [2.45, 2.75) is 12.5 Å². The molecule has 0 saturated heterocycles. The molecular formula is C12H21ClN2O3. The molecule has 6 heteroatoms. The lowest BCUT2D eigenvalue weighted by molar-refractivity contribution is 0.320. The molecule has 0 amide bonds. The quantitative estimate of drug-likeness (QED) is 0.823. The average Bonchev–Trinajstić information content (AvgIpc) is 2.36. The first kappa shape index (κ1) is 16.8. The van der Waals surface area contributed by atoms with Gasteiger partial charge in [0.2, 0.25) is 5.75 Å². The molecular weight excluding hydrogens is 256 g/mol. The van der Waals surface area contributed by atoms with Crippen molar-refractivity contribution in [1.82, 2.24) is 0 Å². The van der Waals surface area contributed by atoms with Gasteiger partial charge in [0.15, 0.2) is 11.5 Å². The Bertz CT molecular complexity index is 375. The van der Waals surface area contributed by atoms with Crippen molar-refractivity contribution in [3.63, 3.8) is 0 Å². The zero-order valence-electron chi connectivity index (χ0n) is 10.9. The van der Waals surface area contributed by atoms with E-state index in [1.54, 1.807) is 21.3 Å². The number of nitrogens with two attached hydrogens (primary N) is 2. The normalized spacial score (nSPS) is 11.4. The summed E-state index contributed by atoms with van der Waals surface area (Å²) in [5, 5.41) is 0. The summed E-state index contributed by atoms with van der Waals surface area (Å²) in [6.07, 6.45) is 0.686. The fraction of sp³-hybridized carbons (Fsp3) is 0.500. The number of benzene rings is 1. The molecule has 0 fully saturated rings. The predicted molar refractivity (Wildman–Crippen MR) is 73.9 cm³/mol. The summed E-state index contributed by atoms with van der Waals surface area (Å²) >= 11 is 0. The molecule has 0 unspecified atom stereocenters. The first-order valence-corrected chi connectivity index (χ1v) is 5.44. The monoisotopic (exact) mass is 276 g/mol. The highest BCUT2D eigenvalue weighted by atomic mass is 35.5. The van der Waals surface area contributed by atoms with E-state index in [1.165, 1.54) is 0 Å². The lowest BCUT2D eigenvalue weighted by atomic mass is 10.0. The second-order valence-electron chi connectivity index (χ2n) is 3.61. The fourth-order valence-corrected chi connectivity index (χ4v) is 1.75. The Morgan fingerprint density at radius 2 is 1.67 bits per heavy atom. The molecule has 18 heavy (non-hydrogen) atoms. The van der Waals surface area contributed by atoms with Gasteiger partial charge in [-0.3, -0.25) is 0 Å². The topological polar surface area (TPSA) is 79.7 Å². The van der Waals surface area contributed by atoms with Crippen molar-refractivity contribution in [2.75, 3.05) is 27.9 Å². The van der Waals surface area contributed by atoms with Crippen LogP contribution in [0.4, 0.5) is 0 Å². The van der Waals surface area contributed by atoms with Gasteiger partial charge in [-0.05, 0) is 25.1 Å². The summed E-state index contributed by atoms with van der Waals surface area (Å²) in [4.78, 5) is 0. The van der Waals surface area contributed by atoms with Crippen molar-refractivity contribution in [3.05, 3.63) is 17.7 Å². The van der Waals surface area contributed by atoms with Crippen LogP contribution in [0.1, 0.15) is 18.0 Å². The Labute approximate surface area is 114 Å². The minimum absolute atomic E-state index is 0. The van der Waals surface area contributed by atoms with Gasteiger partial charge >= 0.3 is 0 Å². The first-order valence-electron chi connectivity index (χ1n) is 5.44. The van der Waals surface area contributed by atoms with Gasteiger partial charge in [-0.2, -0.15) is 0 Å². The molecule has 0 aliphatic carbocycles. The second-order valence-corrected chi connectivity index (χ2v) is 3.61. The fourth-order valence-electron chi connectivity index (χ4n) is 1.75. The van der Waals surface area contributed by atoms with Gasteiger partial charge in [0.1, 0.15) is 0 Å². The Kier molecular flexibility index (Phi) is 7.50. The third-order valence-electron chi connectivity index (χ3n) is 2.61. The molecule has 1 atom stereocenters. The summed E-state index contributed by atoms with van der Waals surface area (Å²) < 4.78 is 15.8. The van der Waals surface area contributed by atoms with E-state index >= 15 is 0 Å². The zero-order chi connectivity index (χ0) is 12.8. The van der Waals surface area contributed by atoms with Crippen LogP contribution in [0.2, 0.25) is 0 Å². The summed E-state index contributed by atoms with van der Waals surface area (Å²) in [7, 11) is 4.73. The van der Waals surface area contributed by atoms with E-state index in [0.29, 0.717) is 30.2 Å². The minimum atomic E-state index is -0.172. The Morgan fingerprint density at radius 1 is 1.06 bits per heavy atom. The molecule has 0 radical (unpaired) electrons. The van der Waals surface area contributed by atoms with Crippen LogP contribution in [0.5, 0.6) is 17.2 Å². The Balaban J connectivity index is 0.00000289. The van der Waals surface area contributed by atoms with Gasteiger partial charge in [-0.1, -0.05) is 0 Å². The van der Waals surface area contributed by atoms with Gasteiger partial charge in [0.05, 0.1) is 21.3 Å². The van der Waals surface area contributed by atoms with Crippen LogP contribution < -0.4 is 25.7 Å². The second kappa shape index (κ2) is 8.02. The highest BCUT2D eigenvalue weighted by molar-refractivity contribution is 5.85. The highest BCUT2D eigenvalue weighted by Crippen LogP contribution is 2.41. The largest absolute Gasteiger partial charge is 0.493 e. The number of hydrogen-bond donors (Lipinski definition) is 2. The summed E-state index contributed by atoms with van der Waals surface area (Å²) in [5.74, 6) is 1.78. The Hall–Kier alpha value is -1.17. The van der Waals surface area contributed by atoms with E-state index in [-0.39, 0.29) is 18.4 Å². The van der Waals surface area contributed by atoms with E-state index < -0.39 is 0 Å². The number of rotatable bonds is 6. The van der Waals surface area contributed by atoms with Crippen molar-refractivity contribution in [2.24, 2.45) is 11.5 Å². The van der Waals surface area contributed by atoms with Gasteiger partial charge in [0.25, 0.3) is 0 Å². The number of ether oxygens (including phenoxy) is 3. The molecule has 0 aliphatic heterocycles. The van der Waals surface area contributed by atoms with Crippen molar-refractivity contribution in [3.8, 4) is 17.2 Å². The smallest absolute Gasteiger partial charge is 0.203 e. The summed E-state index contributed by atoms with van der Waals surface area (Å²) in [5.41, 5.74) is 12.4. The Morgan fingerprint density at radius 3 is 2.11 bits per heavy atom. The standard InChI is InChI=1S/C12H20N2O3.ClH/c1-15-10-5-4-8(9(14)6-7-13)11(16-2)12(10)17-3;/h4-5,9H,6-7,13-14H2,1-3H3;1H/t9-;/m1./s1. The molecule has 0 bridgehead atoms. The molecule has 4 N–H and O–H groups in total. The SMILES string of the molecule is COc1ccc([C@H](N)CCN)c(OC)c1OC.Cl. The van der Waals surface area contributed by atoms with Gasteiger partial charge in [-0.15, -0.1) is 12.4 Å². The molecule has 0 heterocycles. The van der Waals surface area contributed by atoms with Crippen LogP contribution >= 0.6 is 12.4 Å². The highest BCUT2D eigenvalue weighted by Gasteiger charge is 2.19. The third kappa shape index (κ3) is 3.41. The number of halogens is 1. The minimum Gasteiger partial charge on any atom is -0.493 e. The molecule has 1 aromatic rings. The van der Waals surface area contributed by atoms with Crippen LogP contribution in [0.25, 0.3) is 0 Å². The molecule has 1 aromatic carbocycles. The zero-order valence-corrected chi connectivity index (χ0v) is 11.8. The van der Waals surface area contributed by atoms with Gasteiger partial charge in [-0.25, -0.2) is 0 Å². The average molecular weight is 277 g/mol. The van der Waals surface area contributed by atoms with Crippen LogP contribution in [-0.2, 0) is 0 Å². The van der Waals surface area contributed by atoms with Crippen molar-refractivity contribution >= 4 is 12.4 Å². The van der Waals surface area contributed by atoms with Crippen LogP contribution in [0, 0.1) is 0 Å². The molecule has 0 saturated carbocycles. The van der Waals surface area contributed by atoms with Crippen LogP contribution in [-0.4, -0.2) is 27.9 Å². The van der Waals surface area contributed by atoms with Crippen molar-refractivity contribution < 1.29 is 14.2 Å². The number of hydrogen-bond acceptors (Lipinski definition) is 5. The summed E-state index contributed by atoms with van der Waals surface area (Å²) in [6, 6.07) is 3.52. The molecule has 1 rings (SSSR count). The molecule has 5 nitrogen and oxygen atoms in total. The molecule has 0 aromatic heterocycles. The maximum Gasteiger partial charge on any atom is 0.203 e. The van der Waals surface area contributed by atoms with Gasteiger partial charge in [0, 0.05) is 11.6 Å². The maximum atomic E-state index is 6.04. The van der Waals surface area contributed by atoms with E-state index in [0.717, 1.165) is 5.56 Å². The van der Waals surface area contributed by atoms with Crippen molar-refractivity contribution in [1.29, 1.82) is 0 Å². The summed E-state index contributed by atoms with van der Waals surface area (Å²) in [6.45, 7) is 0.526. The predicted octanol–water partition coefficient (Wildman–Crippen LogP) is 1.48. The first-order chi connectivity index (χ1) is 8.19. The lowest BCUT2D eigenvalue weighted by Crippen LogP contribution is -2.16. The van der Waals surface area contributed by atoms with E-state index in [9.17, 15) is 0 Å². The van der Waals surface area contributed by atoms with Crippen LogP contribution in [0.15, 0.2) is 12.1 Å². The molecule has 104 valence electrons. The van der Waals surface area contributed by atoms with Gasteiger partial charge < -0.3 is 25.7 Å². The molecule has 0 aliphatic rings. The maximum absolute atomic E-state index is 6.04.